The lowest BCUT2D eigenvalue weighted by Gasteiger charge is -2.23. The number of nitrogens with one attached hydrogen (secondary N) is 1. The van der Waals surface area contributed by atoms with Gasteiger partial charge in [0.15, 0.2) is 9.84 Å². The number of carboxylic acid groups (broad SMARTS) is 1. The minimum absolute atomic E-state index is 0.0398. The monoisotopic (exact) mass is 313 g/mol. The third-order valence-electron chi connectivity index (χ3n) is 3.37. The van der Waals surface area contributed by atoms with E-state index in [-0.39, 0.29) is 23.1 Å². The molecule has 6 nitrogen and oxygen atoms in total. The first-order chi connectivity index (χ1) is 9.98. The zero-order valence-corrected chi connectivity index (χ0v) is 12.4. The number of sulfone groups is 1. The van der Waals surface area contributed by atoms with Crippen LogP contribution in [-0.4, -0.2) is 50.2 Å². The van der Waals surface area contributed by atoms with Crippen molar-refractivity contribution in [1.82, 2.24) is 5.32 Å². The van der Waals surface area contributed by atoms with Crippen LogP contribution in [0, 0.1) is 0 Å². The highest BCUT2D eigenvalue weighted by Crippen LogP contribution is 2.17. The predicted octanol–water partition coefficient (Wildman–Crippen LogP) is 0.930. The van der Waals surface area contributed by atoms with E-state index in [2.05, 4.69) is 5.32 Å². The highest BCUT2D eigenvalue weighted by molar-refractivity contribution is 7.91. The molecule has 7 heteroatoms. The standard InChI is InChI=1S/C14H19NO5S/c16-14(17)12-5-1-2-6-13(12)20-8-7-15-11-4-3-9-21(18,19)10-11/h1-2,5-6,11,15H,3-4,7-10H2,(H,16,17). The van der Waals surface area contributed by atoms with Crippen LogP contribution in [0.4, 0.5) is 0 Å². The summed E-state index contributed by atoms with van der Waals surface area (Å²) < 4.78 is 28.4. The van der Waals surface area contributed by atoms with Crippen molar-refractivity contribution >= 4 is 15.8 Å². The second-order valence-electron chi connectivity index (χ2n) is 5.06. The first-order valence-corrected chi connectivity index (χ1v) is 8.69. The van der Waals surface area contributed by atoms with Crippen molar-refractivity contribution in [3.8, 4) is 5.75 Å². The Morgan fingerprint density at radius 3 is 2.86 bits per heavy atom. The summed E-state index contributed by atoms with van der Waals surface area (Å²) in [4.78, 5) is 11.0. The summed E-state index contributed by atoms with van der Waals surface area (Å²) in [7, 11) is -2.92. The molecule has 0 saturated carbocycles. The zero-order chi connectivity index (χ0) is 15.3. The van der Waals surface area contributed by atoms with Gasteiger partial charge in [0.2, 0.25) is 0 Å². The van der Waals surface area contributed by atoms with Crippen LogP contribution in [-0.2, 0) is 9.84 Å². The third kappa shape index (κ3) is 4.71. The SMILES string of the molecule is O=C(O)c1ccccc1OCCNC1CCCS(=O)(=O)C1. The molecule has 1 aromatic carbocycles. The number of carboxylic acids is 1. The molecule has 21 heavy (non-hydrogen) atoms. The van der Waals surface area contributed by atoms with Gasteiger partial charge in [-0.25, -0.2) is 13.2 Å². The normalized spacial score (nSPS) is 20.9. The first kappa shape index (κ1) is 15.8. The van der Waals surface area contributed by atoms with Gasteiger partial charge < -0.3 is 15.2 Å². The molecule has 0 aliphatic carbocycles. The van der Waals surface area contributed by atoms with Crippen LogP contribution in [0.1, 0.15) is 23.2 Å². The van der Waals surface area contributed by atoms with Crippen LogP contribution in [0.15, 0.2) is 24.3 Å². The van der Waals surface area contributed by atoms with E-state index in [9.17, 15) is 13.2 Å². The fraction of sp³-hybridized carbons (Fsp3) is 0.500. The molecule has 116 valence electrons. The van der Waals surface area contributed by atoms with Crippen molar-refractivity contribution in [2.24, 2.45) is 0 Å². The molecule has 2 N–H and O–H groups in total. The topological polar surface area (TPSA) is 92.7 Å². The maximum Gasteiger partial charge on any atom is 0.339 e. The highest BCUT2D eigenvalue weighted by Gasteiger charge is 2.24. The van der Waals surface area contributed by atoms with E-state index in [0.29, 0.717) is 25.3 Å². The van der Waals surface area contributed by atoms with Crippen LogP contribution >= 0.6 is 0 Å². The molecular formula is C14H19NO5S. The number of rotatable bonds is 6. The van der Waals surface area contributed by atoms with Crippen molar-refractivity contribution in [3.05, 3.63) is 29.8 Å². The molecule has 1 atom stereocenters. The van der Waals surface area contributed by atoms with Gasteiger partial charge in [-0.1, -0.05) is 12.1 Å². The first-order valence-electron chi connectivity index (χ1n) is 6.87. The Balaban J connectivity index is 1.79. The Morgan fingerprint density at radius 2 is 2.14 bits per heavy atom. The molecule has 1 aliphatic heterocycles. The van der Waals surface area contributed by atoms with E-state index >= 15 is 0 Å². The lowest BCUT2D eigenvalue weighted by molar-refractivity contribution is 0.0692. The molecular weight excluding hydrogens is 294 g/mol. The van der Waals surface area contributed by atoms with Gasteiger partial charge in [-0.2, -0.15) is 0 Å². The Kier molecular flexibility index (Phi) is 5.19. The fourth-order valence-corrected chi connectivity index (χ4v) is 4.05. The number of ether oxygens (including phenoxy) is 1. The van der Waals surface area contributed by atoms with Crippen LogP contribution in [0.2, 0.25) is 0 Å². The average Bonchev–Trinajstić information content (AvgIpc) is 2.43. The van der Waals surface area contributed by atoms with E-state index in [1.165, 1.54) is 6.07 Å². The van der Waals surface area contributed by atoms with E-state index in [0.717, 1.165) is 6.42 Å². The van der Waals surface area contributed by atoms with E-state index < -0.39 is 15.8 Å². The lowest BCUT2D eigenvalue weighted by Crippen LogP contribution is -2.41. The van der Waals surface area contributed by atoms with Gasteiger partial charge >= 0.3 is 5.97 Å². The molecule has 1 aliphatic rings. The van der Waals surface area contributed by atoms with Gasteiger partial charge in [0, 0.05) is 12.6 Å². The van der Waals surface area contributed by atoms with Crippen LogP contribution in [0.25, 0.3) is 0 Å². The summed E-state index contributed by atoms with van der Waals surface area (Å²) in [5.74, 6) is -0.271. The summed E-state index contributed by atoms with van der Waals surface area (Å²) in [5.41, 5.74) is 0.123. The maximum absolute atomic E-state index is 11.5. The van der Waals surface area contributed by atoms with Gasteiger partial charge in [0.05, 0.1) is 11.5 Å². The van der Waals surface area contributed by atoms with Crippen LogP contribution < -0.4 is 10.1 Å². The maximum atomic E-state index is 11.5. The van der Waals surface area contributed by atoms with Crippen molar-refractivity contribution < 1.29 is 23.1 Å². The number of benzene rings is 1. The molecule has 0 bridgehead atoms. The number of carbonyl (C=O) groups is 1. The summed E-state index contributed by atoms with van der Waals surface area (Å²) in [5, 5.41) is 12.2. The second-order valence-corrected chi connectivity index (χ2v) is 7.29. The molecule has 1 heterocycles. The average molecular weight is 313 g/mol. The number of hydrogen-bond donors (Lipinski definition) is 2. The van der Waals surface area contributed by atoms with Gasteiger partial charge in [-0.15, -0.1) is 0 Å². The van der Waals surface area contributed by atoms with E-state index in [1.54, 1.807) is 18.2 Å². The lowest BCUT2D eigenvalue weighted by atomic mass is 10.2. The van der Waals surface area contributed by atoms with Crippen molar-refractivity contribution in [2.75, 3.05) is 24.7 Å². The molecule has 1 fully saturated rings. The van der Waals surface area contributed by atoms with Crippen LogP contribution in [0.3, 0.4) is 0 Å². The molecule has 2 rings (SSSR count). The van der Waals surface area contributed by atoms with Crippen LogP contribution in [0.5, 0.6) is 5.75 Å². The summed E-state index contributed by atoms with van der Waals surface area (Å²) in [6.07, 6.45) is 1.52. The van der Waals surface area contributed by atoms with Gasteiger partial charge in [-0.3, -0.25) is 0 Å². The van der Waals surface area contributed by atoms with Crippen molar-refractivity contribution in [2.45, 2.75) is 18.9 Å². The smallest absolute Gasteiger partial charge is 0.339 e. The van der Waals surface area contributed by atoms with Crippen molar-refractivity contribution in [1.29, 1.82) is 0 Å². The molecule has 0 spiro atoms. The predicted molar refractivity (Wildman–Crippen MR) is 78.6 cm³/mol. The Morgan fingerprint density at radius 1 is 1.38 bits per heavy atom. The van der Waals surface area contributed by atoms with Gasteiger partial charge in [-0.05, 0) is 25.0 Å². The second kappa shape index (κ2) is 6.91. The van der Waals surface area contributed by atoms with Gasteiger partial charge in [0.25, 0.3) is 0 Å². The Labute approximate surface area is 124 Å². The molecule has 1 aromatic rings. The van der Waals surface area contributed by atoms with E-state index in [1.807, 2.05) is 0 Å². The summed E-state index contributed by atoms with van der Waals surface area (Å²) >= 11 is 0. The fourth-order valence-electron chi connectivity index (χ4n) is 2.38. The van der Waals surface area contributed by atoms with E-state index in [4.69, 9.17) is 9.84 Å². The molecule has 1 unspecified atom stereocenters. The minimum Gasteiger partial charge on any atom is -0.491 e. The highest BCUT2D eigenvalue weighted by atomic mass is 32.2. The molecule has 0 amide bonds. The molecule has 1 saturated heterocycles. The zero-order valence-electron chi connectivity index (χ0n) is 11.6. The third-order valence-corrected chi connectivity index (χ3v) is 5.19. The van der Waals surface area contributed by atoms with Crippen molar-refractivity contribution in [3.63, 3.8) is 0 Å². The minimum atomic E-state index is -2.92. The quantitative estimate of drug-likeness (QED) is 0.759. The number of aromatic carboxylic acids is 1. The van der Waals surface area contributed by atoms with Gasteiger partial charge in [0.1, 0.15) is 17.9 Å². The Hall–Kier alpha value is -1.60. The number of para-hydroxylation sites is 1. The largest absolute Gasteiger partial charge is 0.491 e. The summed E-state index contributed by atoms with van der Waals surface area (Å²) in [6.45, 7) is 0.773. The summed E-state index contributed by atoms with van der Waals surface area (Å²) in [6, 6.07) is 6.40. The molecule has 0 aromatic heterocycles. The molecule has 0 radical (unpaired) electrons. The number of hydrogen-bond acceptors (Lipinski definition) is 5. The Bertz CT molecular complexity index is 599.